The smallest absolute Gasteiger partial charge is 0.219 e. The normalized spacial score (nSPS) is 15.4. The molecule has 0 spiro atoms. The Hall–Kier alpha value is -1.85. The average Bonchev–Trinajstić information content (AvgIpc) is 2.46. The predicted octanol–water partition coefficient (Wildman–Crippen LogP) is -0.453. The first-order valence-electron chi connectivity index (χ1n) is 5.18. The molecule has 2 rings (SSSR count). The largest absolute Gasteiger partial charge is 0.427 e. The highest BCUT2D eigenvalue weighted by atomic mass is 16.5. The molecular weight excluding hydrogens is 208 g/mol. The summed E-state index contributed by atoms with van der Waals surface area (Å²) < 4.78 is 0.853. The van der Waals surface area contributed by atoms with Crippen molar-refractivity contribution in [1.82, 2.24) is 14.6 Å². The van der Waals surface area contributed by atoms with Crippen LogP contribution >= 0.6 is 0 Å². The van der Waals surface area contributed by atoms with Crippen LogP contribution in [0.1, 0.15) is 18.3 Å². The molecule has 0 bridgehead atoms. The third-order valence-corrected chi connectivity index (χ3v) is 2.84. The van der Waals surface area contributed by atoms with Crippen molar-refractivity contribution < 1.29 is 10.0 Å². The van der Waals surface area contributed by atoms with E-state index < -0.39 is 0 Å². The van der Waals surface area contributed by atoms with Crippen LogP contribution < -0.4 is 5.49 Å². The van der Waals surface area contributed by atoms with E-state index in [9.17, 15) is 10.0 Å². The standard InChI is InChI=1S/C10H14N4O2/c1-7(15)13-4-2-8-9(3-5-13)14(16)10(11)6-12-8/h6,11,16H,2-5H2,1H3. The topological polar surface area (TPSA) is 82.2 Å². The van der Waals surface area contributed by atoms with Gasteiger partial charge in [-0.25, -0.2) is 0 Å². The Balaban J connectivity index is 2.34. The third-order valence-electron chi connectivity index (χ3n) is 2.84. The SMILES string of the molecule is CC(=O)N1CCc2ncc(=N)n(O)c2CC1. The van der Waals surface area contributed by atoms with Crippen molar-refractivity contribution >= 4 is 5.91 Å². The summed E-state index contributed by atoms with van der Waals surface area (Å²) in [5.41, 5.74) is 1.37. The molecule has 16 heavy (non-hydrogen) atoms. The van der Waals surface area contributed by atoms with Crippen molar-refractivity contribution in [3.63, 3.8) is 0 Å². The van der Waals surface area contributed by atoms with Crippen molar-refractivity contribution in [2.24, 2.45) is 0 Å². The lowest BCUT2D eigenvalue weighted by Gasteiger charge is -2.17. The molecule has 2 N–H and O–H groups in total. The van der Waals surface area contributed by atoms with Crippen LogP contribution in [0.5, 0.6) is 0 Å². The lowest BCUT2D eigenvalue weighted by atomic mass is 10.2. The molecule has 0 saturated heterocycles. The zero-order valence-corrected chi connectivity index (χ0v) is 9.10. The Morgan fingerprint density at radius 1 is 1.50 bits per heavy atom. The van der Waals surface area contributed by atoms with Gasteiger partial charge in [-0.15, -0.1) is 0 Å². The molecule has 0 atom stereocenters. The van der Waals surface area contributed by atoms with Gasteiger partial charge in [0.1, 0.15) is 0 Å². The molecule has 0 aromatic carbocycles. The fourth-order valence-electron chi connectivity index (χ4n) is 1.90. The molecule has 2 heterocycles. The number of hydrogen-bond donors (Lipinski definition) is 2. The fourth-order valence-corrected chi connectivity index (χ4v) is 1.90. The number of carbonyl (C=O) groups is 1. The first-order valence-corrected chi connectivity index (χ1v) is 5.18. The minimum Gasteiger partial charge on any atom is -0.427 e. The van der Waals surface area contributed by atoms with Crippen molar-refractivity contribution in [3.8, 4) is 0 Å². The Morgan fingerprint density at radius 2 is 2.19 bits per heavy atom. The van der Waals surface area contributed by atoms with Crippen molar-refractivity contribution in [2.45, 2.75) is 19.8 Å². The second kappa shape index (κ2) is 3.96. The quantitative estimate of drug-likeness (QED) is 0.583. The van der Waals surface area contributed by atoms with E-state index in [1.54, 1.807) is 4.90 Å². The predicted molar refractivity (Wildman–Crippen MR) is 54.9 cm³/mol. The van der Waals surface area contributed by atoms with Gasteiger partial charge in [-0.05, 0) is 0 Å². The molecule has 0 fully saturated rings. The minimum absolute atomic E-state index is 0.0309. The van der Waals surface area contributed by atoms with Gasteiger partial charge in [-0.1, -0.05) is 0 Å². The van der Waals surface area contributed by atoms with Crippen LogP contribution in [0.3, 0.4) is 0 Å². The van der Waals surface area contributed by atoms with Crippen LogP contribution in [0.25, 0.3) is 0 Å². The zero-order valence-electron chi connectivity index (χ0n) is 9.10. The highest BCUT2D eigenvalue weighted by Gasteiger charge is 2.19. The Labute approximate surface area is 92.6 Å². The van der Waals surface area contributed by atoms with Gasteiger partial charge in [0.15, 0.2) is 5.49 Å². The van der Waals surface area contributed by atoms with E-state index in [4.69, 9.17) is 5.41 Å². The second-order valence-corrected chi connectivity index (χ2v) is 3.85. The van der Waals surface area contributed by atoms with Gasteiger partial charge < -0.3 is 10.1 Å². The number of carbonyl (C=O) groups excluding carboxylic acids is 1. The zero-order chi connectivity index (χ0) is 11.7. The van der Waals surface area contributed by atoms with E-state index in [-0.39, 0.29) is 11.4 Å². The average molecular weight is 222 g/mol. The second-order valence-electron chi connectivity index (χ2n) is 3.85. The van der Waals surface area contributed by atoms with Gasteiger partial charge >= 0.3 is 0 Å². The maximum Gasteiger partial charge on any atom is 0.219 e. The lowest BCUT2D eigenvalue weighted by molar-refractivity contribution is -0.128. The minimum atomic E-state index is -0.0324. The molecule has 1 aromatic rings. The molecule has 1 amide bonds. The van der Waals surface area contributed by atoms with E-state index in [0.717, 1.165) is 10.4 Å². The van der Waals surface area contributed by atoms with Crippen LogP contribution in [-0.2, 0) is 17.6 Å². The van der Waals surface area contributed by atoms with E-state index in [1.165, 1.54) is 13.1 Å². The van der Waals surface area contributed by atoms with Gasteiger partial charge in [0.05, 0.1) is 17.6 Å². The number of nitrogens with one attached hydrogen (secondary N) is 1. The molecule has 1 aliphatic heterocycles. The number of fused-ring (bicyclic) bond motifs is 1. The maximum atomic E-state index is 11.3. The Bertz CT molecular complexity index is 480. The molecule has 6 heteroatoms. The summed E-state index contributed by atoms with van der Waals surface area (Å²) in [6.07, 6.45) is 2.48. The third kappa shape index (κ3) is 1.78. The van der Waals surface area contributed by atoms with Crippen molar-refractivity contribution in [2.75, 3.05) is 13.1 Å². The summed E-state index contributed by atoms with van der Waals surface area (Å²) in [6, 6.07) is 0. The van der Waals surface area contributed by atoms with Gasteiger partial charge in [-0.2, -0.15) is 4.73 Å². The first-order chi connectivity index (χ1) is 7.59. The van der Waals surface area contributed by atoms with Gasteiger partial charge in [-0.3, -0.25) is 15.2 Å². The number of aromatic nitrogens is 2. The van der Waals surface area contributed by atoms with Crippen molar-refractivity contribution in [3.05, 3.63) is 23.1 Å². The van der Waals surface area contributed by atoms with Crippen molar-refractivity contribution in [1.29, 1.82) is 5.41 Å². The van der Waals surface area contributed by atoms with Crippen LogP contribution in [0.15, 0.2) is 6.20 Å². The molecule has 0 radical (unpaired) electrons. The van der Waals surface area contributed by atoms with Gasteiger partial charge in [0.25, 0.3) is 0 Å². The number of hydrogen-bond acceptors (Lipinski definition) is 4. The summed E-state index contributed by atoms with van der Waals surface area (Å²) in [5, 5.41) is 17.1. The summed E-state index contributed by atoms with van der Waals surface area (Å²) in [7, 11) is 0. The van der Waals surface area contributed by atoms with E-state index in [1.807, 2.05) is 0 Å². The summed E-state index contributed by atoms with van der Waals surface area (Å²) in [5.74, 6) is 0.0309. The van der Waals surface area contributed by atoms with Gasteiger partial charge in [0.2, 0.25) is 5.91 Å². The highest BCUT2D eigenvalue weighted by molar-refractivity contribution is 5.73. The monoisotopic (exact) mass is 222 g/mol. The Morgan fingerprint density at radius 3 is 2.88 bits per heavy atom. The van der Waals surface area contributed by atoms with Gasteiger partial charge in [0, 0.05) is 32.9 Å². The summed E-state index contributed by atoms with van der Waals surface area (Å²) in [6.45, 7) is 2.72. The number of rotatable bonds is 0. The molecule has 0 saturated carbocycles. The van der Waals surface area contributed by atoms with E-state index >= 15 is 0 Å². The summed E-state index contributed by atoms with van der Waals surface area (Å²) in [4.78, 5) is 17.1. The molecule has 1 aromatic heterocycles. The van der Waals surface area contributed by atoms with E-state index in [0.29, 0.717) is 31.6 Å². The molecule has 1 aliphatic rings. The molecule has 6 nitrogen and oxygen atoms in total. The number of amides is 1. The van der Waals surface area contributed by atoms with Crippen LogP contribution in [0, 0.1) is 5.41 Å². The first kappa shape index (κ1) is 10.7. The number of nitrogens with zero attached hydrogens (tertiary/aromatic N) is 3. The Kier molecular flexibility index (Phi) is 2.64. The highest BCUT2D eigenvalue weighted by Crippen LogP contribution is 2.11. The molecular formula is C10H14N4O2. The fraction of sp³-hybridized carbons (Fsp3) is 0.500. The van der Waals surface area contributed by atoms with Crippen LogP contribution in [-0.4, -0.2) is 38.8 Å². The molecule has 0 aliphatic carbocycles. The lowest BCUT2D eigenvalue weighted by Crippen LogP contribution is -2.31. The molecule has 86 valence electrons. The molecule has 0 unspecified atom stereocenters. The van der Waals surface area contributed by atoms with E-state index in [2.05, 4.69) is 4.98 Å². The maximum absolute atomic E-state index is 11.3. The van der Waals surface area contributed by atoms with Crippen LogP contribution in [0.4, 0.5) is 0 Å². The summed E-state index contributed by atoms with van der Waals surface area (Å²) >= 11 is 0. The van der Waals surface area contributed by atoms with Crippen LogP contribution in [0.2, 0.25) is 0 Å².